The van der Waals surface area contributed by atoms with Gasteiger partial charge in [-0.05, 0) is 24.6 Å². The van der Waals surface area contributed by atoms with Gasteiger partial charge in [-0.15, -0.1) is 0 Å². The van der Waals surface area contributed by atoms with Crippen LogP contribution in [-0.4, -0.2) is 13.0 Å². The van der Waals surface area contributed by atoms with Crippen molar-refractivity contribution < 1.29 is 8.42 Å². The molecule has 0 atom stereocenters. The molecule has 2 heterocycles. The predicted molar refractivity (Wildman–Crippen MR) is 83.6 cm³/mol. The van der Waals surface area contributed by atoms with E-state index in [9.17, 15) is 8.42 Å². The van der Waals surface area contributed by atoms with Crippen LogP contribution in [0.1, 0.15) is 12.5 Å². The van der Waals surface area contributed by atoms with Gasteiger partial charge in [-0.2, -0.15) is 0 Å². The molecule has 3 aromatic rings. The first-order valence-corrected chi connectivity index (χ1v) is 8.21. The van der Waals surface area contributed by atoms with Gasteiger partial charge in [0, 0.05) is 11.6 Å². The predicted octanol–water partition coefficient (Wildman–Crippen LogP) is 3.67. The molecule has 0 bridgehead atoms. The van der Waals surface area contributed by atoms with Crippen LogP contribution >= 0.6 is 0 Å². The maximum atomic E-state index is 12.8. The molecule has 2 aromatic carbocycles. The normalized spacial score (nSPS) is 16.4. The largest absolute Gasteiger partial charge is 0.314 e. The average Bonchev–Trinajstić information content (AvgIpc) is 2.91. The summed E-state index contributed by atoms with van der Waals surface area (Å²) in [6.07, 6.45) is 1.94. The van der Waals surface area contributed by atoms with Gasteiger partial charge >= 0.3 is 0 Å². The molecule has 4 heteroatoms. The number of hydrogen-bond donors (Lipinski definition) is 0. The van der Waals surface area contributed by atoms with E-state index in [-0.39, 0.29) is 0 Å². The molecule has 1 aliphatic rings. The number of sulfone groups is 1. The summed E-state index contributed by atoms with van der Waals surface area (Å²) in [5, 5.41) is 0.942. The van der Waals surface area contributed by atoms with Crippen molar-refractivity contribution in [3.05, 3.63) is 71.3 Å². The van der Waals surface area contributed by atoms with Crippen molar-refractivity contribution in [2.24, 2.45) is 0 Å². The van der Waals surface area contributed by atoms with E-state index >= 15 is 0 Å². The fourth-order valence-electron chi connectivity index (χ4n) is 2.96. The van der Waals surface area contributed by atoms with Gasteiger partial charge in [0.1, 0.15) is 0 Å². The molecule has 0 aliphatic carbocycles. The molecule has 0 unspecified atom stereocenters. The van der Waals surface area contributed by atoms with Crippen LogP contribution in [0, 0.1) is 0 Å². The molecular weight excluding hydrogens is 282 g/mol. The summed E-state index contributed by atoms with van der Waals surface area (Å²) in [7, 11) is -3.44. The first-order chi connectivity index (χ1) is 10.1. The summed E-state index contributed by atoms with van der Waals surface area (Å²) in [5.41, 5.74) is 2.41. The highest BCUT2D eigenvalue weighted by Crippen LogP contribution is 2.39. The van der Waals surface area contributed by atoms with Gasteiger partial charge in [-0.1, -0.05) is 42.5 Å². The van der Waals surface area contributed by atoms with Gasteiger partial charge in [0.25, 0.3) is 0 Å². The van der Waals surface area contributed by atoms with Crippen molar-refractivity contribution in [3.8, 4) is 0 Å². The smallest absolute Gasteiger partial charge is 0.206 e. The molecule has 104 valence electrons. The van der Waals surface area contributed by atoms with Gasteiger partial charge in [0.2, 0.25) is 9.84 Å². The monoisotopic (exact) mass is 295 g/mol. The Kier molecular flexibility index (Phi) is 2.41. The number of hydrogen-bond acceptors (Lipinski definition) is 2. The van der Waals surface area contributed by atoms with Gasteiger partial charge in [0.15, 0.2) is 0 Å². The molecular formula is C17H13NO2S. The van der Waals surface area contributed by atoms with E-state index in [1.54, 1.807) is 19.1 Å². The fraction of sp³-hybridized carbons (Fsp3) is 0.0588. The highest BCUT2D eigenvalue weighted by atomic mass is 32.2. The Hall–Kier alpha value is -2.33. The van der Waals surface area contributed by atoms with Gasteiger partial charge in [-0.3, -0.25) is 0 Å². The van der Waals surface area contributed by atoms with E-state index in [4.69, 9.17) is 0 Å². The number of allylic oxidation sites excluding steroid dienone is 1. The molecule has 0 N–H and O–H groups in total. The zero-order valence-electron chi connectivity index (χ0n) is 11.4. The van der Waals surface area contributed by atoms with E-state index in [2.05, 4.69) is 0 Å². The molecule has 0 amide bonds. The molecule has 1 aromatic heterocycles. The highest BCUT2D eigenvalue weighted by Gasteiger charge is 2.30. The standard InChI is InChI=1S/C17H13NO2S/c1-12-16(13-6-3-2-4-7-13)18-11-10-14-8-5-9-15(17(14)18)21(12,19)20/h2-11H,1H3. The van der Waals surface area contributed by atoms with Crippen molar-refractivity contribution in [2.75, 3.05) is 0 Å². The van der Waals surface area contributed by atoms with Gasteiger partial charge in [-0.25, -0.2) is 8.42 Å². The Bertz CT molecular complexity index is 996. The second-order valence-corrected chi connectivity index (χ2v) is 7.21. The Labute approximate surface area is 123 Å². The lowest BCUT2D eigenvalue weighted by atomic mass is 10.1. The SMILES string of the molecule is CC1=C(c2ccccc2)n2ccc3cccc(c32)S1(=O)=O. The second kappa shape index (κ2) is 4.09. The third-order valence-corrected chi connectivity index (χ3v) is 5.90. The van der Waals surface area contributed by atoms with Crippen LogP contribution in [0.3, 0.4) is 0 Å². The van der Waals surface area contributed by atoms with Gasteiger partial charge in [0.05, 0.1) is 21.0 Å². The summed E-state index contributed by atoms with van der Waals surface area (Å²) in [5.74, 6) is 0. The third-order valence-electron chi connectivity index (χ3n) is 3.99. The lowest BCUT2D eigenvalue weighted by Crippen LogP contribution is -2.15. The molecule has 3 nitrogen and oxygen atoms in total. The van der Waals surface area contributed by atoms with Crippen LogP contribution in [0.2, 0.25) is 0 Å². The van der Waals surface area contributed by atoms with Crippen molar-refractivity contribution >= 4 is 26.4 Å². The number of aromatic nitrogens is 1. The summed E-state index contributed by atoms with van der Waals surface area (Å²) < 4.78 is 27.6. The molecule has 0 saturated heterocycles. The minimum atomic E-state index is -3.44. The van der Waals surface area contributed by atoms with E-state index in [1.165, 1.54) is 0 Å². The average molecular weight is 295 g/mol. The molecule has 0 radical (unpaired) electrons. The van der Waals surface area contributed by atoms with Crippen molar-refractivity contribution in [2.45, 2.75) is 11.8 Å². The lowest BCUT2D eigenvalue weighted by molar-refractivity contribution is 0.601. The van der Waals surface area contributed by atoms with Crippen molar-refractivity contribution in [3.63, 3.8) is 0 Å². The number of nitrogens with zero attached hydrogens (tertiary/aromatic N) is 1. The number of benzene rings is 2. The first-order valence-electron chi connectivity index (χ1n) is 6.72. The van der Waals surface area contributed by atoms with Crippen LogP contribution in [0.25, 0.3) is 16.6 Å². The van der Waals surface area contributed by atoms with Crippen molar-refractivity contribution in [1.29, 1.82) is 0 Å². The van der Waals surface area contributed by atoms with Crippen LogP contribution in [0.5, 0.6) is 0 Å². The lowest BCUT2D eigenvalue weighted by Gasteiger charge is -2.22. The summed E-state index contributed by atoms with van der Waals surface area (Å²) in [6, 6.07) is 17.0. The number of para-hydroxylation sites is 1. The molecule has 4 rings (SSSR count). The van der Waals surface area contributed by atoms with E-state index in [0.717, 1.165) is 22.2 Å². The topological polar surface area (TPSA) is 39.1 Å². The number of rotatable bonds is 1. The Morgan fingerprint density at radius 2 is 1.67 bits per heavy atom. The zero-order chi connectivity index (χ0) is 14.6. The van der Waals surface area contributed by atoms with Gasteiger partial charge < -0.3 is 4.57 Å². The second-order valence-electron chi connectivity index (χ2n) is 5.15. The first kappa shape index (κ1) is 12.4. The maximum absolute atomic E-state index is 12.8. The minimum absolute atomic E-state index is 0.391. The van der Waals surface area contributed by atoms with E-state index in [0.29, 0.717) is 9.80 Å². The zero-order valence-corrected chi connectivity index (χ0v) is 12.3. The maximum Gasteiger partial charge on any atom is 0.206 e. The summed E-state index contributed by atoms with van der Waals surface area (Å²) in [4.78, 5) is 0.784. The van der Waals surface area contributed by atoms with E-state index < -0.39 is 9.84 Å². The quantitative estimate of drug-likeness (QED) is 0.687. The Morgan fingerprint density at radius 1 is 0.905 bits per heavy atom. The van der Waals surface area contributed by atoms with Crippen molar-refractivity contribution in [1.82, 2.24) is 4.57 Å². The van der Waals surface area contributed by atoms with Crippen LogP contribution < -0.4 is 0 Å². The summed E-state index contributed by atoms with van der Waals surface area (Å²) in [6.45, 7) is 1.68. The van der Waals surface area contributed by atoms with Crippen LogP contribution in [0.4, 0.5) is 0 Å². The van der Waals surface area contributed by atoms with Crippen LogP contribution in [-0.2, 0) is 9.84 Å². The fourth-order valence-corrected chi connectivity index (χ4v) is 4.49. The highest BCUT2D eigenvalue weighted by molar-refractivity contribution is 7.95. The summed E-state index contributed by atoms with van der Waals surface area (Å²) >= 11 is 0. The minimum Gasteiger partial charge on any atom is -0.314 e. The molecule has 0 spiro atoms. The van der Waals surface area contributed by atoms with Crippen LogP contribution in [0.15, 0.2) is 70.6 Å². The molecule has 0 fully saturated rings. The molecule has 21 heavy (non-hydrogen) atoms. The molecule has 1 aliphatic heterocycles. The molecule has 0 saturated carbocycles. The Balaban J connectivity index is 2.19. The Morgan fingerprint density at radius 3 is 2.43 bits per heavy atom. The van der Waals surface area contributed by atoms with E-state index in [1.807, 2.05) is 53.2 Å². The third kappa shape index (κ3) is 1.56.